The van der Waals surface area contributed by atoms with Gasteiger partial charge in [-0.05, 0) is 10.2 Å². The van der Waals surface area contributed by atoms with Crippen LogP contribution in [0.2, 0.25) is 6.55 Å². The second kappa shape index (κ2) is 28.3. The third-order valence-corrected chi connectivity index (χ3v) is 0. The van der Waals surface area contributed by atoms with Gasteiger partial charge in [0.05, 0.1) is 0 Å². The summed E-state index contributed by atoms with van der Waals surface area (Å²) >= 11 is 0. The molecule has 0 spiro atoms. The minimum Gasteiger partial charge on any atom is -0.0777 e. The van der Waals surface area contributed by atoms with E-state index in [1.54, 1.807) is 0 Å². The van der Waals surface area contributed by atoms with Gasteiger partial charge in [0, 0.05) is 34.4 Å². The largest absolute Gasteiger partial charge is 0.0777 e. The van der Waals surface area contributed by atoms with Crippen LogP contribution in [-0.4, -0.2) is 10.2 Å². The number of hydrogen-bond acceptors (Lipinski definition) is 0. The zero-order valence-corrected chi connectivity index (χ0v) is 7.14. The molecule has 0 saturated carbocycles. The molecule has 3 heteroatoms. The maximum absolute atomic E-state index is 2.14. The summed E-state index contributed by atoms with van der Waals surface area (Å²) in [6.45, 7) is 2.14. The first-order chi connectivity index (χ1) is 1.00. The van der Waals surface area contributed by atoms with Crippen molar-refractivity contribution >= 4 is 10.2 Å². The third kappa shape index (κ3) is 10.5. The minimum atomic E-state index is 0. The van der Waals surface area contributed by atoms with E-state index in [9.17, 15) is 0 Å². The monoisotopic (exact) mass is 154 g/mol. The van der Waals surface area contributed by atoms with Crippen molar-refractivity contribution in [2.75, 3.05) is 0 Å². The van der Waals surface area contributed by atoms with E-state index in [2.05, 4.69) is 6.55 Å². The van der Waals surface area contributed by atoms with Crippen molar-refractivity contribution in [3.63, 3.8) is 0 Å². The van der Waals surface area contributed by atoms with E-state index in [0.717, 1.165) is 0 Å². The van der Waals surface area contributed by atoms with Crippen molar-refractivity contribution in [2.24, 2.45) is 0 Å². The van der Waals surface area contributed by atoms with Gasteiger partial charge in [0.15, 0.2) is 0 Å². The Morgan fingerprint density at radius 3 is 1.25 bits per heavy atom. The molecule has 0 aliphatic heterocycles. The van der Waals surface area contributed by atoms with E-state index in [0.29, 0.717) is 0 Å². The van der Waals surface area contributed by atoms with Crippen LogP contribution in [0, 0.1) is 0 Å². The Bertz CT molecular complexity index is 8.00. The molecular weight excluding hydrogens is 148 g/mol. The van der Waals surface area contributed by atoms with Crippen LogP contribution >= 0.6 is 0 Å². The summed E-state index contributed by atoms with van der Waals surface area (Å²) in [6.07, 6.45) is 0. The average molecular weight is 154 g/mol. The van der Waals surface area contributed by atoms with Crippen LogP contribution in [0.15, 0.2) is 0 Å². The third-order valence-electron chi connectivity index (χ3n) is 0. The molecule has 0 aromatic rings. The molecule has 0 aromatic carbocycles. The molecule has 0 heterocycles. The van der Waals surface area contributed by atoms with Crippen LogP contribution in [0.25, 0.3) is 0 Å². The topological polar surface area (TPSA) is 0 Å². The zero-order valence-electron chi connectivity index (χ0n) is 2.76. The predicted octanol–water partition coefficient (Wildman–Crippen LogP) is -0.605. The molecule has 0 nitrogen and oxygen atoms in total. The van der Waals surface area contributed by atoms with E-state index in [1.165, 1.54) is 10.2 Å². The Kier molecular flexibility index (Phi) is 132. The Labute approximate surface area is 51.4 Å². The van der Waals surface area contributed by atoms with Gasteiger partial charge >= 0.3 is 0 Å². The number of hydrogen-bond donors (Lipinski definition) is 0. The average Bonchev–Trinajstić information content (AvgIpc) is 1.00. The summed E-state index contributed by atoms with van der Waals surface area (Å²) < 4.78 is 0. The molecular formula is CH6CrFeSi. The summed E-state index contributed by atoms with van der Waals surface area (Å²) in [5, 5.41) is 0. The SMILES string of the molecule is C[SiH3].[Cr].[Fe]. The molecule has 0 aliphatic carbocycles. The molecule has 0 saturated heterocycles. The summed E-state index contributed by atoms with van der Waals surface area (Å²) in [7, 11) is 1.31. The molecule has 0 N–H and O–H groups in total. The van der Waals surface area contributed by atoms with Gasteiger partial charge in [-0.2, -0.15) is 0 Å². The standard InChI is InChI=1S/CH6Si.Cr.Fe/c1-2;;/h1-2H3;;. The zero-order chi connectivity index (χ0) is 2.00. The van der Waals surface area contributed by atoms with Crippen LogP contribution in [0.3, 0.4) is 0 Å². The summed E-state index contributed by atoms with van der Waals surface area (Å²) in [4.78, 5) is 0. The van der Waals surface area contributed by atoms with Crippen LogP contribution < -0.4 is 0 Å². The molecule has 0 bridgehead atoms. The summed E-state index contributed by atoms with van der Waals surface area (Å²) in [5.74, 6) is 0. The first-order valence-electron chi connectivity index (χ1n) is 1.00. The first kappa shape index (κ1) is 18.7. The van der Waals surface area contributed by atoms with Gasteiger partial charge in [0.25, 0.3) is 0 Å². The normalized spacial score (nSPS) is 2.25. The Hall–Kier alpha value is 1.27. The van der Waals surface area contributed by atoms with Gasteiger partial charge in [-0.15, -0.1) is 0 Å². The quantitative estimate of drug-likeness (QED) is 0.408. The molecule has 0 rings (SSSR count). The molecule has 28 valence electrons. The fraction of sp³-hybridized carbons (Fsp3) is 1.00. The summed E-state index contributed by atoms with van der Waals surface area (Å²) in [6, 6.07) is 0. The Morgan fingerprint density at radius 1 is 1.25 bits per heavy atom. The molecule has 0 unspecified atom stereocenters. The van der Waals surface area contributed by atoms with E-state index in [4.69, 9.17) is 0 Å². The predicted molar refractivity (Wildman–Crippen MR) is 15.8 cm³/mol. The van der Waals surface area contributed by atoms with Gasteiger partial charge in [-0.25, -0.2) is 0 Å². The van der Waals surface area contributed by atoms with Crippen molar-refractivity contribution in [2.45, 2.75) is 6.55 Å². The fourth-order valence-electron chi connectivity index (χ4n) is 0. The summed E-state index contributed by atoms with van der Waals surface area (Å²) in [5.41, 5.74) is 0. The molecule has 0 atom stereocenters. The van der Waals surface area contributed by atoms with E-state index >= 15 is 0 Å². The minimum absolute atomic E-state index is 0. The number of rotatable bonds is 0. The Morgan fingerprint density at radius 2 is 1.25 bits per heavy atom. The van der Waals surface area contributed by atoms with Crippen molar-refractivity contribution in [3.8, 4) is 0 Å². The molecule has 0 aromatic heterocycles. The van der Waals surface area contributed by atoms with Crippen molar-refractivity contribution in [1.29, 1.82) is 0 Å². The molecule has 0 fully saturated rings. The van der Waals surface area contributed by atoms with Crippen LogP contribution in [0.5, 0.6) is 0 Å². The maximum atomic E-state index is 2.14. The second-order valence-electron chi connectivity index (χ2n) is 0. The van der Waals surface area contributed by atoms with Crippen molar-refractivity contribution in [3.05, 3.63) is 0 Å². The van der Waals surface area contributed by atoms with Crippen molar-refractivity contribution < 1.29 is 34.4 Å². The van der Waals surface area contributed by atoms with Gasteiger partial charge in [0.1, 0.15) is 0 Å². The van der Waals surface area contributed by atoms with Crippen LogP contribution in [0.1, 0.15) is 0 Å². The molecule has 0 radical (unpaired) electrons. The van der Waals surface area contributed by atoms with Crippen LogP contribution in [-0.2, 0) is 34.4 Å². The smallest absolute Gasteiger partial charge is 0 e. The van der Waals surface area contributed by atoms with Crippen molar-refractivity contribution in [1.82, 2.24) is 0 Å². The van der Waals surface area contributed by atoms with E-state index in [1.807, 2.05) is 0 Å². The maximum Gasteiger partial charge on any atom is 0 e. The van der Waals surface area contributed by atoms with E-state index < -0.39 is 0 Å². The first-order valence-corrected chi connectivity index (χ1v) is 3.00. The second-order valence-corrected chi connectivity index (χ2v) is 0. The van der Waals surface area contributed by atoms with Gasteiger partial charge in [-0.1, -0.05) is 6.55 Å². The molecule has 0 aliphatic rings. The van der Waals surface area contributed by atoms with E-state index in [-0.39, 0.29) is 34.4 Å². The fourth-order valence-corrected chi connectivity index (χ4v) is 0. The van der Waals surface area contributed by atoms with Crippen LogP contribution in [0.4, 0.5) is 0 Å². The Balaban J connectivity index is -0.00000000500. The van der Waals surface area contributed by atoms with Gasteiger partial charge < -0.3 is 0 Å². The van der Waals surface area contributed by atoms with Gasteiger partial charge in [-0.3, -0.25) is 0 Å². The molecule has 0 amide bonds. The molecule has 4 heavy (non-hydrogen) atoms. The van der Waals surface area contributed by atoms with Gasteiger partial charge in [0.2, 0.25) is 0 Å².